The monoisotopic (exact) mass is 291 g/mol. The van der Waals surface area contributed by atoms with Gasteiger partial charge in [-0.05, 0) is 42.3 Å². The lowest BCUT2D eigenvalue weighted by Crippen LogP contribution is -2.23. The molecular weight excluding hydrogens is 274 g/mol. The number of hydrogen-bond donors (Lipinski definition) is 1. The third-order valence-electron chi connectivity index (χ3n) is 3.65. The molecule has 0 amide bonds. The second kappa shape index (κ2) is 5.81. The van der Waals surface area contributed by atoms with E-state index >= 15 is 0 Å². The van der Waals surface area contributed by atoms with Crippen LogP contribution in [0.2, 0.25) is 0 Å². The number of thiophene rings is 1. The SMILES string of the molecule is COC(=O)c1coc(CNC2CCCc3sccc32)c1. The highest BCUT2D eigenvalue weighted by Gasteiger charge is 2.21. The van der Waals surface area contributed by atoms with Crippen molar-refractivity contribution >= 4 is 17.3 Å². The Kier molecular flexibility index (Phi) is 3.89. The number of ether oxygens (including phenoxy) is 1. The number of carbonyl (C=O) groups is 1. The van der Waals surface area contributed by atoms with Crippen molar-refractivity contribution in [1.29, 1.82) is 0 Å². The van der Waals surface area contributed by atoms with E-state index in [0.29, 0.717) is 18.2 Å². The maximum Gasteiger partial charge on any atom is 0.341 e. The van der Waals surface area contributed by atoms with Gasteiger partial charge >= 0.3 is 5.97 Å². The molecule has 20 heavy (non-hydrogen) atoms. The van der Waals surface area contributed by atoms with E-state index in [-0.39, 0.29) is 5.97 Å². The maximum atomic E-state index is 11.4. The van der Waals surface area contributed by atoms with Crippen molar-refractivity contribution < 1.29 is 13.9 Å². The van der Waals surface area contributed by atoms with Crippen molar-refractivity contribution in [1.82, 2.24) is 5.32 Å². The fraction of sp³-hybridized carbons (Fsp3) is 0.400. The van der Waals surface area contributed by atoms with Crippen LogP contribution in [0.3, 0.4) is 0 Å². The first kappa shape index (κ1) is 13.4. The summed E-state index contributed by atoms with van der Waals surface area (Å²) >= 11 is 1.84. The molecule has 5 heteroatoms. The van der Waals surface area contributed by atoms with Crippen LogP contribution in [-0.2, 0) is 17.7 Å². The van der Waals surface area contributed by atoms with Crippen LogP contribution in [0.1, 0.15) is 45.4 Å². The van der Waals surface area contributed by atoms with Gasteiger partial charge < -0.3 is 14.5 Å². The molecule has 3 rings (SSSR count). The van der Waals surface area contributed by atoms with Gasteiger partial charge in [-0.2, -0.15) is 0 Å². The Hall–Kier alpha value is -1.59. The smallest absolute Gasteiger partial charge is 0.341 e. The van der Waals surface area contributed by atoms with Gasteiger partial charge in [0.05, 0.1) is 19.2 Å². The minimum atomic E-state index is -0.363. The lowest BCUT2D eigenvalue weighted by atomic mass is 9.94. The van der Waals surface area contributed by atoms with Crippen LogP contribution in [0.4, 0.5) is 0 Å². The summed E-state index contributed by atoms with van der Waals surface area (Å²) in [7, 11) is 1.37. The predicted octanol–water partition coefficient (Wildman–Crippen LogP) is 3.29. The summed E-state index contributed by atoms with van der Waals surface area (Å²) in [6, 6.07) is 4.33. The quantitative estimate of drug-likeness (QED) is 0.878. The molecule has 1 aliphatic carbocycles. The lowest BCUT2D eigenvalue weighted by molar-refractivity contribution is 0.0600. The Morgan fingerprint density at radius 1 is 1.60 bits per heavy atom. The molecule has 2 aromatic rings. The van der Waals surface area contributed by atoms with Crippen molar-refractivity contribution in [2.75, 3.05) is 7.11 Å². The van der Waals surface area contributed by atoms with E-state index in [0.717, 1.165) is 12.2 Å². The number of carbonyl (C=O) groups excluding carboxylic acids is 1. The van der Waals surface area contributed by atoms with Crippen LogP contribution in [0.5, 0.6) is 0 Å². The summed E-state index contributed by atoms with van der Waals surface area (Å²) in [5, 5.41) is 5.67. The predicted molar refractivity (Wildman–Crippen MR) is 76.9 cm³/mol. The Labute approximate surface area is 121 Å². The van der Waals surface area contributed by atoms with Gasteiger partial charge in [-0.1, -0.05) is 0 Å². The molecule has 0 aliphatic heterocycles. The number of methoxy groups -OCH3 is 1. The van der Waals surface area contributed by atoms with Crippen molar-refractivity contribution in [3.8, 4) is 0 Å². The number of rotatable bonds is 4. The van der Waals surface area contributed by atoms with E-state index in [1.165, 1.54) is 36.7 Å². The highest BCUT2D eigenvalue weighted by Crippen LogP contribution is 2.33. The average molecular weight is 291 g/mol. The zero-order valence-electron chi connectivity index (χ0n) is 11.3. The normalized spacial score (nSPS) is 17.8. The van der Waals surface area contributed by atoms with E-state index in [1.807, 2.05) is 11.3 Å². The van der Waals surface area contributed by atoms with Crippen LogP contribution in [0, 0.1) is 0 Å². The fourth-order valence-corrected chi connectivity index (χ4v) is 3.61. The fourth-order valence-electron chi connectivity index (χ4n) is 2.62. The molecule has 0 fully saturated rings. The van der Waals surface area contributed by atoms with Gasteiger partial charge in [0.15, 0.2) is 0 Å². The molecule has 0 aromatic carbocycles. The van der Waals surface area contributed by atoms with Gasteiger partial charge in [-0.15, -0.1) is 11.3 Å². The van der Waals surface area contributed by atoms with Gasteiger partial charge in [0.2, 0.25) is 0 Å². The highest BCUT2D eigenvalue weighted by molar-refractivity contribution is 7.10. The second-order valence-electron chi connectivity index (χ2n) is 4.92. The summed E-state index contributed by atoms with van der Waals surface area (Å²) in [5.74, 6) is 0.394. The molecular formula is C15H17NO3S. The van der Waals surface area contributed by atoms with Crippen molar-refractivity contribution in [2.24, 2.45) is 0 Å². The maximum absolute atomic E-state index is 11.4. The minimum absolute atomic E-state index is 0.363. The van der Waals surface area contributed by atoms with Gasteiger partial charge in [0, 0.05) is 10.9 Å². The molecule has 1 atom stereocenters. The molecule has 1 unspecified atom stereocenters. The van der Waals surface area contributed by atoms with E-state index < -0.39 is 0 Å². The molecule has 106 valence electrons. The minimum Gasteiger partial charge on any atom is -0.467 e. The zero-order chi connectivity index (χ0) is 13.9. The third-order valence-corrected chi connectivity index (χ3v) is 4.65. The first-order valence-electron chi connectivity index (χ1n) is 6.73. The number of aryl methyl sites for hydroxylation is 1. The Bertz CT molecular complexity index is 602. The Balaban J connectivity index is 1.63. The topological polar surface area (TPSA) is 51.5 Å². The van der Waals surface area contributed by atoms with Crippen LogP contribution in [0.25, 0.3) is 0 Å². The van der Waals surface area contributed by atoms with Crippen molar-refractivity contribution in [3.05, 3.63) is 45.5 Å². The number of esters is 1. The van der Waals surface area contributed by atoms with Crippen LogP contribution >= 0.6 is 11.3 Å². The van der Waals surface area contributed by atoms with Crippen molar-refractivity contribution in [3.63, 3.8) is 0 Å². The molecule has 0 saturated heterocycles. The van der Waals surface area contributed by atoms with Crippen LogP contribution in [-0.4, -0.2) is 13.1 Å². The Morgan fingerprint density at radius 2 is 2.50 bits per heavy atom. The summed E-state index contributed by atoms with van der Waals surface area (Å²) in [5.41, 5.74) is 1.88. The molecule has 4 nitrogen and oxygen atoms in total. The zero-order valence-corrected chi connectivity index (χ0v) is 12.2. The molecule has 1 N–H and O–H groups in total. The van der Waals surface area contributed by atoms with E-state index in [4.69, 9.17) is 4.42 Å². The highest BCUT2D eigenvalue weighted by atomic mass is 32.1. The second-order valence-corrected chi connectivity index (χ2v) is 5.92. The summed E-state index contributed by atoms with van der Waals surface area (Å²) in [6.07, 6.45) is 5.00. The van der Waals surface area contributed by atoms with Gasteiger partial charge in [-0.25, -0.2) is 4.79 Å². The van der Waals surface area contributed by atoms with Crippen LogP contribution in [0.15, 0.2) is 28.2 Å². The number of hydrogen-bond acceptors (Lipinski definition) is 5. The average Bonchev–Trinajstić information content (AvgIpc) is 3.13. The first-order valence-corrected chi connectivity index (χ1v) is 7.61. The van der Waals surface area contributed by atoms with E-state index in [9.17, 15) is 4.79 Å². The number of nitrogens with one attached hydrogen (secondary N) is 1. The molecule has 0 saturated carbocycles. The molecule has 0 bridgehead atoms. The summed E-state index contributed by atoms with van der Waals surface area (Å²) in [4.78, 5) is 12.8. The Morgan fingerprint density at radius 3 is 3.35 bits per heavy atom. The molecule has 2 aromatic heterocycles. The van der Waals surface area contributed by atoms with Gasteiger partial charge in [0.25, 0.3) is 0 Å². The summed E-state index contributed by atoms with van der Waals surface area (Å²) in [6.45, 7) is 0.622. The molecule has 0 spiro atoms. The standard InChI is InChI=1S/C15H17NO3S/c1-18-15(17)10-7-11(19-9-10)8-16-13-3-2-4-14-12(13)5-6-20-14/h5-7,9,13,16H,2-4,8H2,1H3. The number of furan rings is 1. The van der Waals surface area contributed by atoms with Crippen LogP contribution < -0.4 is 5.32 Å². The largest absolute Gasteiger partial charge is 0.467 e. The van der Waals surface area contributed by atoms with Crippen molar-refractivity contribution in [2.45, 2.75) is 31.8 Å². The van der Waals surface area contributed by atoms with E-state index in [2.05, 4.69) is 21.5 Å². The molecule has 2 heterocycles. The molecule has 1 aliphatic rings. The molecule has 0 radical (unpaired) electrons. The first-order chi connectivity index (χ1) is 9.78. The lowest BCUT2D eigenvalue weighted by Gasteiger charge is -2.23. The summed E-state index contributed by atoms with van der Waals surface area (Å²) < 4.78 is 10.0. The van der Waals surface area contributed by atoms with Gasteiger partial charge in [-0.3, -0.25) is 0 Å². The van der Waals surface area contributed by atoms with E-state index in [1.54, 1.807) is 6.07 Å². The number of fused-ring (bicyclic) bond motifs is 1. The third kappa shape index (κ3) is 2.64. The van der Waals surface area contributed by atoms with Gasteiger partial charge in [0.1, 0.15) is 12.0 Å².